The number of para-hydroxylation sites is 1. The van der Waals surface area contributed by atoms with Gasteiger partial charge in [-0.1, -0.05) is 36.9 Å². The van der Waals surface area contributed by atoms with Crippen molar-refractivity contribution in [2.45, 2.75) is 6.42 Å². The Hall–Kier alpha value is -2.93. The standard InChI is InChI=1S/C25H29N3O3/c1-2-19-17-23(25(29)24-18-20-7-3-4-8-22(20)27-24)26-21(19)9-5-13-30-14-6-10-28-11-15-31-16-12-28/h2-5,7-9,17-18,26-27H,1,6,10-16H2/b9-5-. The molecule has 6 nitrogen and oxygen atoms in total. The number of carbonyl (C=O) groups excluding carboxylic acids is 1. The number of nitrogens with one attached hydrogen (secondary N) is 2. The van der Waals surface area contributed by atoms with E-state index in [-0.39, 0.29) is 5.78 Å². The minimum absolute atomic E-state index is 0.0710. The van der Waals surface area contributed by atoms with Gasteiger partial charge < -0.3 is 19.4 Å². The van der Waals surface area contributed by atoms with E-state index in [1.807, 2.05) is 48.6 Å². The molecular weight excluding hydrogens is 390 g/mol. The average molecular weight is 420 g/mol. The van der Waals surface area contributed by atoms with Crippen LogP contribution in [0.2, 0.25) is 0 Å². The summed E-state index contributed by atoms with van der Waals surface area (Å²) in [6, 6.07) is 11.6. The highest BCUT2D eigenvalue weighted by atomic mass is 16.5. The van der Waals surface area contributed by atoms with Crippen LogP contribution in [0.5, 0.6) is 0 Å². The monoisotopic (exact) mass is 419 g/mol. The number of hydrogen-bond donors (Lipinski definition) is 2. The van der Waals surface area contributed by atoms with E-state index < -0.39 is 0 Å². The molecular formula is C25H29N3O3. The number of fused-ring (bicyclic) bond motifs is 1. The summed E-state index contributed by atoms with van der Waals surface area (Å²) in [4.78, 5) is 21.7. The zero-order valence-corrected chi connectivity index (χ0v) is 17.7. The molecule has 0 aliphatic carbocycles. The Balaban J connectivity index is 1.30. The van der Waals surface area contributed by atoms with Gasteiger partial charge in [0.05, 0.1) is 31.2 Å². The van der Waals surface area contributed by atoms with Gasteiger partial charge in [0.15, 0.2) is 0 Å². The number of hydrogen-bond acceptors (Lipinski definition) is 4. The lowest BCUT2D eigenvalue weighted by atomic mass is 10.1. The van der Waals surface area contributed by atoms with Crippen molar-refractivity contribution < 1.29 is 14.3 Å². The molecule has 0 atom stereocenters. The highest BCUT2D eigenvalue weighted by Gasteiger charge is 2.15. The number of ether oxygens (including phenoxy) is 2. The van der Waals surface area contributed by atoms with Gasteiger partial charge >= 0.3 is 0 Å². The summed E-state index contributed by atoms with van der Waals surface area (Å²) in [5.74, 6) is -0.0710. The van der Waals surface area contributed by atoms with E-state index in [1.54, 1.807) is 6.08 Å². The van der Waals surface area contributed by atoms with Gasteiger partial charge in [0, 0.05) is 42.8 Å². The number of morpholine rings is 1. The number of benzene rings is 1. The molecule has 1 aliphatic heterocycles. The normalized spacial score (nSPS) is 15.1. The number of carbonyl (C=O) groups is 1. The molecule has 3 aromatic rings. The Morgan fingerprint density at radius 2 is 1.97 bits per heavy atom. The van der Waals surface area contributed by atoms with Gasteiger partial charge in [-0.3, -0.25) is 9.69 Å². The quantitative estimate of drug-likeness (QED) is 0.383. The zero-order valence-electron chi connectivity index (χ0n) is 17.7. The van der Waals surface area contributed by atoms with E-state index in [1.165, 1.54) is 0 Å². The first-order chi connectivity index (χ1) is 15.2. The molecule has 2 N–H and O–H groups in total. The van der Waals surface area contributed by atoms with Crippen LogP contribution in [-0.4, -0.2) is 66.7 Å². The minimum Gasteiger partial charge on any atom is -0.379 e. The van der Waals surface area contributed by atoms with Crippen LogP contribution in [0.25, 0.3) is 23.1 Å². The molecule has 1 aromatic carbocycles. The summed E-state index contributed by atoms with van der Waals surface area (Å²) < 4.78 is 11.1. The van der Waals surface area contributed by atoms with Crippen molar-refractivity contribution in [2.75, 3.05) is 46.1 Å². The molecule has 31 heavy (non-hydrogen) atoms. The van der Waals surface area contributed by atoms with Crippen molar-refractivity contribution in [3.63, 3.8) is 0 Å². The number of H-pyrrole nitrogens is 2. The molecule has 0 bridgehead atoms. The number of rotatable bonds is 10. The van der Waals surface area contributed by atoms with E-state index in [0.717, 1.165) is 68.0 Å². The van der Waals surface area contributed by atoms with Crippen LogP contribution in [-0.2, 0) is 9.47 Å². The summed E-state index contributed by atoms with van der Waals surface area (Å²) >= 11 is 0. The van der Waals surface area contributed by atoms with E-state index in [0.29, 0.717) is 18.0 Å². The number of ketones is 1. The fraction of sp³-hybridized carbons (Fsp3) is 0.320. The van der Waals surface area contributed by atoms with Gasteiger partial charge in [-0.15, -0.1) is 0 Å². The predicted molar refractivity (Wildman–Crippen MR) is 124 cm³/mol. The van der Waals surface area contributed by atoms with E-state index in [2.05, 4.69) is 21.4 Å². The second-order valence-corrected chi connectivity index (χ2v) is 7.64. The van der Waals surface area contributed by atoms with Gasteiger partial charge in [0.25, 0.3) is 0 Å². The van der Waals surface area contributed by atoms with E-state index >= 15 is 0 Å². The lowest BCUT2D eigenvalue weighted by Crippen LogP contribution is -2.37. The van der Waals surface area contributed by atoms with Crippen LogP contribution in [0.15, 0.2) is 49.1 Å². The van der Waals surface area contributed by atoms with Crippen LogP contribution in [0.3, 0.4) is 0 Å². The Morgan fingerprint density at radius 3 is 2.77 bits per heavy atom. The molecule has 0 saturated carbocycles. The highest BCUT2D eigenvalue weighted by molar-refractivity contribution is 6.09. The third-order valence-corrected chi connectivity index (χ3v) is 5.48. The molecule has 2 aromatic heterocycles. The average Bonchev–Trinajstić information content (AvgIpc) is 3.43. The SMILES string of the molecule is C=Cc1cc(C(=O)c2cc3ccccc3[nH]2)[nH]c1/C=C\COCCCN1CCOCC1. The molecule has 0 radical (unpaired) electrons. The molecule has 1 fully saturated rings. The fourth-order valence-corrected chi connectivity index (χ4v) is 3.79. The third-order valence-electron chi connectivity index (χ3n) is 5.48. The van der Waals surface area contributed by atoms with Crippen LogP contribution < -0.4 is 0 Å². The second-order valence-electron chi connectivity index (χ2n) is 7.64. The number of aromatic amines is 2. The molecule has 1 aliphatic rings. The highest BCUT2D eigenvalue weighted by Crippen LogP contribution is 2.20. The van der Waals surface area contributed by atoms with Crippen LogP contribution in [0, 0.1) is 0 Å². The van der Waals surface area contributed by atoms with Crippen LogP contribution >= 0.6 is 0 Å². The first-order valence-corrected chi connectivity index (χ1v) is 10.8. The maximum atomic E-state index is 12.9. The summed E-state index contributed by atoms with van der Waals surface area (Å²) in [7, 11) is 0. The molecule has 0 unspecified atom stereocenters. The van der Waals surface area contributed by atoms with Crippen molar-refractivity contribution in [3.8, 4) is 0 Å². The molecule has 162 valence electrons. The van der Waals surface area contributed by atoms with Crippen molar-refractivity contribution in [2.24, 2.45) is 0 Å². The molecule has 0 amide bonds. The van der Waals surface area contributed by atoms with E-state index in [4.69, 9.17) is 9.47 Å². The van der Waals surface area contributed by atoms with Crippen molar-refractivity contribution >= 4 is 28.8 Å². The lowest BCUT2D eigenvalue weighted by molar-refractivity contribution is 0.0330. The van der Waals surface area contributed by atoms with Gasteiger partial charge in [0.2, 0.25) is 5.78 Å². The largest absolute Gasteiger partial charge is 0.379 e. The predicted octanol–water partition coefficient (Wildman–Crippen LogP) is 4.12. The van der Waals surface area contributed by atoms with Gasteiger partial charge in [-0.2, -0.15) is 0 Å². The third kappa shape index (κ3) is 5.41. The van der Waals surface area contributed by atoms with Gasteiger partial charge in [-0.25, -0.2) is 0 Å². The van der Waals surface area contributed by atoms with Crippen LogP contribution in [0.4, 0.5) is 0 Å². The minimum atomic E-state index is -0.0710. The number of nitrogens with zero attached hydrogens (tertiary/aromatic N) is 1. The molecule has 3 heterocycles. The van der Waals surface area contributed by atoms with Crippen LogP contribution in [0.1, 0.15) is 33.9 Å². The lowest BCUT2D eigenvalue weighted by Gasteiger charge is -2.26. The molecule has 1 saturated heterocycles. The Kier molecular flexibility index (Phi) is 7.14. The summed E-state index contributed by atoms with van der Waals surface area (Å²) in [5, 5.41) is 1.02. The number of aromatic nitrogens is 2. The Labute approximate surface area is 182 Å². The van der Waals surface area contributed by atoms with Gasteiger partial charge in [-0.05, 0) is 36.3 Å². The Morgan fingerprint density at radius 1 is 1.16 bits per heavy atom. The van der Waals surface area contributed by atoms with Gasteiger partial charge in [0.1, 0.15) is 0 Å². The molecule has 0 spiro atoms. The summed E-state index contributed by atoms with van der Waals surface area (Å²) in [6.45, 7) is 9.85. The maximum absolute atomic E-state index is 12.9. The first kappa shape index (κ1) is 21.3. The first-order valence-electron chi connectivity index (χ1n) is 10.8. The topological polar surface area (TPSA) is 70.3 Å². The summed E-state index contributed by atoms with van der Waals surface area (Å²) in [6.07, 6.45) is 6.67. The van der Waals surface area contributed by atoms with Crippen molar-refractivity contribution in [1.29, 1.82) is 0 Å². The summed E-state index contributed by atoms with van der Waals surface area (Å²) in [5.41, 5.74) is 3.80. The smallest absolute Gasteiger partial charge is 0.225 e. The van der Waals surface area contributed by atoms with E-state index in [9.17, 15) is 4.79 Å². The molecule has 4 rings (SSSR count). The Bertz CT molecular complexity index is 1020. The van der Waals surface area contributed by atoms with Crippen molar-refractivity contribution in [3.05, 3.63) is 71.7 Å². The fourth-order valence-electron chi connectivity index (χ4n) is 3.79. The molecule has 6 heteroatoms. The van der Waals surface area contributed by atoms with Crippen molar-refractivity contribution in [1.82, 2.24) is 14.9 Å². The second kappa shape index (κ2) is 10.4. The zero-order chi connectivity index (χ0) is 21.5. The maximum Gasteiger partial charge on any atom is 0.225 e.